The Bertz CT molecular complexity index is 3640. The van der Waals surface area contributed by atoms with Gasteiger partial charge in [-0.3, -0.25) is 0 Å². The van der Waals surface area contributed by atoms with E-state index in [4.69, 9.17) is 0 Å². The van der Waals surface area contributed by atoms with Crippen LogP contribution in [0.25, 0.3) is 92.2 Å². The van der Waals surface area contributed by atoms with Crippen LogP contribution in [0.2, 0.25) is 0 Å². The van der Waals surface area contributed by atoms with Crippen LogP contribution >= 0.6 is 11.3 Å². The van der Waals surface area contributed by atoms with Crippen LogP contribution in [0.15, 0.2) is 243 Å². The van der Waals surface area contributed by atoms with Crippen molar-refractivity contribution in [3.05, 3.63) is 243 Å². The molecule has 0 saturated heterocycles. The number of hydrogen-bond acceptors (Lipinski definition) is 2. The second-order valence-electron chi connectivity index (χ2n) is 16.0. The summed E-state index contributed by atoms with van der Waals surface area (Å²) in [7, 11) is 0. The van der Waals surface area contributed by atoms with Crippen LogP contribution in [-0.2, 0) is 0 Å². The third-order valence-corrected chi connectivity index (χ3v) is 13.6. The van der Waals surface area contributed by atoms with E-state index in [0.29, 0.717) is 0 Å². The Hall–Kier alpha value is -7.98. The summed E-state index contributed by atoms with van der Waals surface area (Å²) >= 11 is 1.88. The van der Waals surface area contributed by atoms with E-state index in [1.165, 1.54) is 75.5 Å². The molecule has 2 aromatic heterocycles. The number of anilines is 3. The zero-order valence-corrected chi connectivity index (χ0v) is 35.2. The van der Waals surface area contributed by atoms with Crippen LogP contribution in [0.5, 0.6) is 0 Å². The Labute approximate surface area is 370 Å². The summed E-state index contributed by atoms with van der Waals surface area (Å²) in [5.74, 6) is 0. The topological polar surface area (TPSA) is 8.17 Å². The number of fused-ring (bicyclic) bond motifs is 6. The molecule has 0 aliphatic carbocycles. The first-order chi connectivity index (χ1) is 31.3. The largest absolute Gasteiger partial charge is 0.309 e. The van der Waals surface area contributed by atoms with E-state index in [1.807, 2.05) is 11.3 Å². The van der Waals surface area contributed by atoms with Crippen LogP contribution in [0, 0.1) is 0 Å². The quantitative estimate of drug-likeness (QED) is 0.148. The molecule has 2 nitrogen and oxygen atoms in total. The number of rotatable bonds is 8. The summed E-state index contributed by atoms with van der Waals surface area (Å²) in [6.45, 7) is 0. The van der Waals surface area contributed by atoms with E-state index in [0.717, 1.165) is 33.8 Å². The zero-order valence-electron chi connectivity index (χ0n) is 34.4. The highest BCUT2D eigenvalue weighted by atomic mass is 32.1. The van der Waals surface area contributed by atoms with Gasteiger partial charge >= 0.3 is 0 Å². The average molecular weight is 821 g/mol. The number of benzene rings is 10. The molecular weight excluding hydrogens is 781 g/mol. The molecule has 0 bridgehead atoms. The fraction of sp³-hybridized carbons (Fsp3) is 0. The highest BCUT2D eigenvalue weighted by Crippen LogP contribution is 2.50. The molecule has 0 aliphatic rings. The van der Waals surface area contributed by atoms with Crippen molar-refractivity contribution in [2.24, 2.45) is 0 Å². The van der Waals surface area contributed by atoms with Gasteiger partial charge in [0.1, 0.15) is 0 Å². The molecule has 0 N–H and O–H groups in total. The molecule has 0 fully saturated rings. The third kappa shape index (κ3) is 6.24. The highest BCUT2D eigenvalue weighted by molar-refractivity contribution is 7.26. The Balaban J connectivity index is 1.12. The van der Waals surface area contributed by atoms with E-state index in [-0.39, 0.29) is 0 Å². The number of thiophene rings is 1. The lowest BCUT2D eigenvalue weighted by molar-refractivity contribution is 1.18. The molecule has 10 aromatic carbocycles. The van der Waals surface area contributed by atoms with Crippen LogP contribution in [0.3, 0.4) is 0 Å². The molecule has 2 heterocycles. The first kappa shape index (κ1) is 36.8. The minimum absolute atomic E-state index is 1.11. The second-order valence-corrected chi connectivity index (χ2v) is 17.1. The van der Waals surface area contributed by atoms with E-state index in [1.54, 1.807) is 0 Å². The van der Waals surface area contributed by atoms with Crippen molar-refractivity contribution in [2.45, 2.75) is 0 Å². The summed E-state index contributed by atoms with van der Waals surface area (Å²) in [5.41, 5.74) is 16.3. The summed E-state index contributed by atoms with van der Waals surface area (Å²) < 4.78 is 5.05. The Morgan fingerprint density at radius 2 is 0.810 bits per heavy atom. The van der Waals surface area contributed by atoms with E-state index in [9.17, 15) is 0 Å². The van der Waals surface area contributed by atoms with Gasteiger partial charge < -0.3 is 9.47 Å². The van der Waals surface area contributed by atoms with Gasteiger partial charge in [0, 0.05) is 53.3 Å². The smallest absolute Gasteiger partial charge is 0.0562 e. The van der Waals surface area contributed by atoms with Crippen LogP contribution < -0.4 is 4.90 Å². The second kappa shape index (κ2) is 15.5. The zero-order chi connectivity index (χ0) is 41.7. The first-order valence-corrected chi connectivity index (χ1v) is 22.3. The Morgan fingerprint density at radius 1 is 0.317 bits per heavy atom. The number of aromatic nitrogens is 1. The van der Waals surface area contributed by atoms with Crippen molar-refractivity contribution in [2.75, 3.05) is 4.90 Å². The Kier molecular flexibility index (Phi) is 9.06. The van der Waals surface area contributed by atoms with Gasteiger partial charge in [-0.15, -0.1) is 11.3 Å². The maximum absolute atomic E-state index is 2.52. The fourth-order valence-electron chi connectivity index (χ4n) is 9.66. The van der Waals surface area contributed by atoms with Gasteiger partial charge in [-0.05, 0) is 76.3 Å². The molecule has 0 amide bonds. The van der Waals surface area contributed by atoms with Gasteiger partial charge in [0.25, 0.3) is 0 Å². The number of hydrogen-bond donors (Lipinski definition) is 0. The highest BCUT2D eigenvalue weighted by Gasteiger charge is 2.26. The van der Waals surface area contributed by atoms with Gasteiger partial charge in [0.15, 0.2) is 0 Å². The SMILES string of the molecule is c1ccc(-c2ccccc2-c2cccc(-n3c4ccccc4c4c(N(c5ccccc5-c5ccccc5)c5ccccc5-c5cccc6c5sc5ccccc56)cccc43)c2)cc1. The fourth-order valence-corrected chi connectivity index (χ4v) is 10.9. The van der Waals surface area contributed by atoms with Crippen molar-refractivity contribution < 1.29 is 0 Å². The molecule has 3 heteroatoms. The summed E-state index contributed by atoms with van der Waals surface area (Å²) in [5, 5.41) is 4.98. The van der Waals surface area contributed by atoms with Crippen molar-refractivity contribution >= 4 is 70.4 Å². The van der Waals surface area contributed by atoms with Gasteiger partial charge in [0.2, 0.25) is 0 Å². The maximum atomic E-state index is 2.52. The summed E-state index contributed by atoms with van der Waals surface area (Å²) in [4.78, 5) is 2.52. The van der Waals surface area contributed by atoms with Gasteiger partial charge in [-0.1, -0.05) is 194 Å². The summed E-state index contributed by atoms with van der Waals surface area (Å²) in [6.07, 6.45) is 0. The van der Waals surface area contributed by atoms with Crippen molar-refractivity contribution in [1.29, 1.82) is 0 Å². The van der Waals surface area contributed by atoms with E-state index in [2.05, 4.69) is 252 Å². The molecule has 0 aliphatic heterocycles. The predicted octanol–water partition coefficient (Wildman–Crippen LogP) is 17.3. The normalized spacial score (nSPS) is 11.5. The molecule has 12 aromatic rings. The molecule has 63 heavy (non-hydrogen) atoms. The standard InChI is InChI=1S/C60H40N2S/c1-3-20-41(21-4-1)45-26-7-8-27-46(45)43-24-17-25-44(40-43)61-55-36-15-11-31-52(55)59-56(61)37-19-38-57(59)62(53-34-13-9-28-47(53)42-22-5-2-6-23-42)54-35-14-10-29-48(54)50-32-18-33-51-49-30-12-16-39-58(49)63-60(50)51/h1-40H. The van der Waals surface area contributed by atoms with Gasteiger partial charge in [0.05, 0.1) is 28.1 Å². The molecule has 0 atom stereocenters. The monoisotopic (exact) mass is 820 g/mol. The van der Waals surface area contributed by atoms with Crippen LogP contribution in [0.4, 0.5) is 17.1 Å². The van der Waals surface area contributed by atoms with Crippen molar-refractivity contribution in [3.63, 3.8) is 0 Å². The van der Waals surface area contributed by atoms with Crippen molar-refractivity contribution in [3.8, 4) is 50.2 Å². The number of para-hydroxylation sites is 3. The van der Waals surface area contributed by atoms with E-state index >= 15 is 0 Å². The number of nitrogens with zero attached hydrogens (tertiary/aromatic N) is 2. The lowest BCUT2D eigenvalue weighted by Gasteiger charge is -2.30. The first-order valence-electron chi connectivity index (χ1n) is 21.5. The maximum Gasteiger partial charge on any atom is 0.0562 e. The lowest BCUT2D eigenvalue weighted by atomic mass is 9.94. The summed E-state index contributed by atoms with van der Waals surface area (Å²) in [6, 6.07) is 88.4. The van der Waals surface area contributed by atoms with E-state index < -0.39 is 0 Å². The molecule has 0 spiro atoms. The van der Waals surface area contributed by atoms with Crippen LogP contribution in [-0.4, -0.2) is 4.57 Å². The van der Waals surface area contributed by atoms with Crippen molar-refractivity contribution in [1.82, 2.24) is 4.57 Å². The third-order valence-electron chi connectivity index (χ3n) is 12.4. The molecular formula is C60H40N2S. The Morgan fingerprint density at radius 3 is 1.59 bits per heavy atom. The molecule has 12 rings (SSSR count). The van der Waals surface area contributed by atoms with Crippen LogP contribution in [0.1, 0.15) is 0 Å². The van der Waals surface area contributed by atoms with Gasteiger partial charge in [-0.25, -0.2) is 0 Å². The minimum Gasteiger partial charge on any atom is -0.309 e. The predicted molar refractivity (Wildman–Crippen MR) is 270 cm³/mol. The molecule has 0 saturated carbocycles. The minimum atomic E-state index is 1.11. The molecule has 296 valence electrons. The molecule has 0 radical (unpaired) electrons. The average Bonchev–Trinajstić information content (AvgIpc) is 3.92. The van der Waals surface area contributed by atoms with Gasteiger partial charge in [-0.2, -0.15) is 0 Å². The molecule has 0 unspecified atom stereocenters. The lowest BCUT2D eigenvalue weighted by Crippen LogP contribution is -2.13.